The Hall–Kier alpha value is -2.53. The van der Waals surface area contributed by atoms with Crippen LogP contribution in [0, 0.1) is 5.92 Å². The summed E-state index contributed by atoms with van der Waals surface area (Å²) in [5.74, 6) is 1.39. The van der Waals surface area contributed by atoms with Gasteiger partial charge in [0, 0.05) is 5.56 Å². The zero-order valence-electron chi connectivity index (χ0n) is 15.0. The van der Waals surface area contributed by atoms with Crippen LogP contribution in [0.25, 0.3) is 0 Å². The van der Waals surface area contributed by atoms with E-state index in [1.807, 2.05) is 30.3 Å². The molecule has 1 N–H and O–H groups in total. The Morgan fingerprint density at radius 3 is 2.52 bits per heavy atom. The van der Waals surface area contributed by atoms with E-state index in [2.05, 4.69) is 19.3 Å². The molecule has 5 heteroatoms. The van der Waals surface area contributed by atoms with Crippen LogP contribution in [0.1, 0.15) is 36.2 Å². The van der Waals surface area contributed by atoms with E-state index < -0.39 is 0 Å². The summed E-state index contributed by atoms with van der Waals surface area (Å²) in [5, 5.41) is 0. The van der Waals surface area contributed by atoms with Gasteiger partial charge >= 0.3 is 0 Å². The first-order chi connectivity index (χ1) is 12.1. The van der Waals surface area contributed by atoms with Crippen LogP contribution < -0.4 is 15.0 Å². The SMILES string of the molecule is COc1cc(C(=O)NOCc2ccccc2)ccc1OCCC(C)C. The van der Waals surface area contributed by atoms with Crippen LogP contribution >= 0.6 is 0 Å². The maximum absolute atomic E-state index is 12.2. The Balaban J connectivity index is 1.90. The number of ether oxygens (including phenoxy) is 2. The summed E-state index contributed by atoms with van der Waals surface area (Å²) >= 11 is 0. The predicted octanol–water partition coefficient (Wildman–Crippen LogP) is 3.98. The number of methoxy groups -OCH3 is 1. The molecule has 2 aromatic rings. The van der Waals surface area contributed by atoms with Gasteiger partial charge < -0.3 is 9.47 Å². The summed E-state index contributed by atoms with van der Waals surface area (Å²) in [6, 6.07) is 14.7. The first-order valence-electron chi connectivity index (χ1n) is 8.37. The van der Waals surface area contributed by atoms with Crippen molar-refractivity contribution in [3.05, 3.63) is 59.7 Å². The lowest BCUT2D eigenvalue weighted by Gasteiger charge is -2.13. The molecule has 0 aliphatic carbocycles. The normalized spacial score (nSPS) is 10.6. The van der Waals surface area contributed by atoms with Gasteiger partial charge in [-0.05, 0) is 36.1 Å². The van der Waals surface area contributed by atoms with Gasteiger partial charge in [-0.2, -0.15) is 0 Å². The Morgan fingerprint density at radius 1 is 1.08 bits per heavy atom. The molecule has 0 heterocycles. The number of nitrogens with one attached hydrogen (secondary N) is 1. The van der Waals surface area contributed by atoms with E-state index in [4.69, 9.17) is 14.3 Å². The average Bonchev–Trinajstić information content (AvgIpc) is 2.62. The fourth-order valence-corrected chi connectivity index (χ4v) is 2.15. The van der Waals surface area contributed by atoms with Crippen molar-refractivity contribution in [3.8, 4) is 11.5 Å². The Bertz CT molecular complexity index is 671. The lowest BCUT2D eigenvalue weighted by atomic mass is 10.1. The zero-order valence-corrected chi connectivity index (χ0v) is 15.0. The monoisotopic (exact) mass is 343 g/mol. The number of hydrogen-bond donors (Lipinski definition) is 1. The van der Waals surface area contributed by atoms with E-state index in [0.29, 0.717) is 36.2 Å². The summed E-state index contributed by atoms with van der Waals surface area (Å²) in [7, 11) is 1.55. The van der Waals surface area contributed by atoms with Crippen molar-refractivity contribution in [2.45, 2.75) is 26.9 Å². The molecule has 0 aromatic heterocycles. The third-order valence-electron chi connectivity index (χ3n) is 3.63. The highest BCUT2D eigenvalue weighted by Crippen LogP contribution is 2.28. The van der Waals surface area contributed by atoms with Crippen molar-refractivity contribution in [1.82, 2.24) is 5.48 Å². The summed E-state index contributed by atoms with van der Waals surface area (Å²) in [6.07, 6.45) is 0.957. The first-order valence-corrected chi connectivity index (χ1v) is 8.37. The lowest BCUT2D eigenvalue weighted by Crippen LogP contribution is -2.23. The van der Waals surface area contributed by atoms with Crippen molar-refractivity contribution in [2.24, 2.45) is 5.92 Å². The summed E-state index contributed by atoms with van der Waals surface area (Å²) in [6.45, 7) is 5.20. The number of amides is 1. The third kappa shape index (κ3) is 6.12. The predicted molar refractivity (Wildman–Crippen MR) is 96.6 cm³/mol. The number of carbonyl (C=O) groups excluding carboxylic acids is 1. The van der Waals surface area contributed by atoms with Gasteiger partial charge in [0.25, 0.3) is 5.91 Å². The van der Waals surface area contributed by atoms with E-state index in [-0.39, 0.29) is 5.91 Å². The van der Waals surface area contributed by atoms with E-state index in [1.165, 1.54) is 0 Å². The minimum Gasteiger partial charge on any atom is -0.493 e. The number of hydrogen-bond acceptors (Lipinski definition) is 4. The maximum Gasteiger partial charge on any atom is 0.274 e. The molecular weight excluding hydrogens is 318 g/mol. The van der Waals surface area contributed by atoms with Gasteiger partial charge in [0.1, 0.15) is 0 Å². The second kappa shape index (κ2) is 9.69. The molecule has 5 nitrogen and oxygen atoms in total. The van der Waals surface area contributed by atoms with E-state index >= 15 is 0 Å². The number of carbonyl (C=O) groups is 1. The van der Waals surface area contributed by atoms with Crippen LogP contribution in [0.15, 0.2) is 48.5 Å². The van der Waals surface area contributed by atoms with Crippen LogP contribution in [-0.4, -0.2) is 19.6 Å². The molecule has 0 saturated heterocycles. The number of rotatable bonds is 9. The smallest absolute Gasteiger partial charge is 0.274 e. The number of hydroxylamine groups is 1. The second-order valence-electron chi connectivity index (χ2n) is 6.10. The molecule has 134 valence electrons. The minimum absolute atomic E-state index is 0.306. The van der Waals surface area contributed by atoms with Gasteiger partial charge in [-0.15, -0.1) is 0 Å². The molecule has 0 aliphatic rings. The molecule has 0 unspecified atom stereocenters. The number of benzene rings is 2. The molecule has 1 amide bonds. The Kier molecular flexibility index (Phi) is 7.29. The van der Waals surface area contributed by atoms with Crippen molar-refractivity contribution in [3.63, 3.8) is 0 Å². The van der Waals surface area contributed by atoms with Gasteiger partial charge in [-0.1, -0.05) is 44.2 Å². The largest absolute Gasteiger partial charge is 0.493 e. The minimum atomic E-state index is -0.331. The molecule has 0 aliphatic heterocycles. The molecule has 25 heavy (non-hydrogen) atoms. The second-order valence-corrected chi connectivity index (χ2v) is 6.10. The molecule has 0 fully saturated rings. The molecule has 2 rings (SSSR count). The van der Waals surface area contributed by atoms with E-state index in [0.717, 1.165) is 12.0 Å². The molecule has 0 spiro atoms. The molecule has 0 bridgehead atoms. The van der Waals surface area contributed by atoms with Crippen molar-refractivity contribution >= 4 is 5.91 Å². The summed E-state index contributed by atoms with van der Waals surface area (Å²) < 4.78 is 11.0. The summed E-state index contributed by atoms with van der Waals surface area (Å²) in [5.41, 5.74) is 3.87. The van der Waals surface area contributed by atoms with Crippen molar-refractivity contribution in [1.29, 1.82) is 0 Å². The topological polar surface area (TPSA) is 56.8 Å². The van der Waals surface area contributed by atoms with Gasteiger partial charge in [0.15, 0.2) is 11.5 Å². The van der Waals surface area contributed by atoms with Gasteiger partial charge in [-0.3, -0.25) is 9.63 Å². The van der Waals surface area contributed by atoms with E-state index in [1.54, 1.807) is 25.3 Å². The van der Waals surface area contributed by atoms with Crippen molar-refractivity contribution < 1.29 is 19.1 Å². The van der Waals surface area contributed by atoms with Crippen LogP contribution in [0.4, 0.5) is 0 Å². The van der Waals surface area contributed by atoms with Crippen LogP contribution in [-0.2, 0) is 11.4 Å². The molecule has 0 radical (unpaired) electrons. The standard InChI is InChI=1S/C20H25NO4/c1-15(2)11-12-24-18-10-9-17(13-19(18)23-3)20(22)21-25-14-16-7-5-4-6-8-16/h4-10,13,15H,11-12,14H2,1-3H3,(H,21,22). The van der Waals surface area contributed by atoms with Crippen LogP contribution in [0.3, 0.4) is 0 Å². The average molecular weight is 343 g/mol. The fourth-order valence-electron chi connectivity index (χ4n) is 2.15. The van der Waals surface area contributed by atoms with Gasteiger partial charge in [0.2, 0.25) is 0 Å². The summed E-state index contributed by atoms with van der Waals surface area (Å²) in [4.78, 5) is 17.4. The molecule has 0 atom stereocenters. The van der Waals surface area contributed by atoms with Gasteiger partial charge in [-0.25, -0.2) is 5.48 Å². The highest BCUT2D eigenvalue weighted by molar-refractivity contribution is 5.94. The van der Waals surface area contributed by atoms with Crippen molar-refractivity contribution in [2.75, 3.05) is 13.7 Å². The lowest BCUT2D eigenvalue weighted by molar-refractivity contribution is 0.0233. The zero-order chi connectivity index (χ0) is 18.1. The van der Waals surface area contributed by atoms with Gasteiger partial charge in [0.05, 0.1) is 20.3 Å². The maximum atomic E-state index is 12.2. The molecular formula is C20H25NO4. The van der Waals surface area contributed by atoms with Crippen LogP contribution in [0.2, 0.25) is 0 Å². The first kappa shape index (κ1) is 18.8. The molecule has 0 saturated carbocycles. The highest BCUT2D eigenvalue weighted by Gasteiger charge is 2.11. The Morgan fingerprint density at radius 2 is 1.84 bits per heavy atom. The fraction of sp³-hybridized carbons (Fsp3) is 0.350. The quantitative estimate of drug-likeness (QED) is 0.700. The van der Waals surface area contributed by atoms with E-state index in [9.17, 15) is 4.79 Å². The molecule has 2 aromatic carbocycles. The van der Waals surface area contributed by atoms with Crippen LogP contribution in [0.5, 0.6) is 11.5 Å². The highest BCUT2D eigenvalue weighted by atomic mass is 16.6. The Labute approximate surface area is 148 Å². The third-order valence-corrected chi connectivity index (χ3v) is 3.63.